The van der Waals surface area contributed by atoms with Gasteiger partial charge in [-0.2, -0.15) is 4.98 Å². The molecule has 0 bridgehead atoms. The molecule has 0 unspecified atom stereocenters. The number of hydrogen-bond acceptors (Lipinski definition) is 6. The summed E-state index contributed by atoms with van der Waals surface area (Å²) in [5.74, 6) is -1.05. The zero-order valence-electron chi connectivity index (χ0n) is 6.10. The van der Waals surface area contributed by atoms with Gasteiger partial charge in [0.15, 0.2) is 0 Å². The molecule has 0 aliphatic rings. The van der Waals surface area contributed by atoms with Crippen LogP contribution in [0.4, 0.5) is 0 Å². The lowest BCUT2D eigenvalue weighted by atomic mass is 10.3. The predicted octanol–water partition coefficient (Wildman–Crippen LogP) is -1.84. The first-order valence-corrected chi connectivity index (χ1v) is 3.15. The summed E-state index contributed by atoms with van der Waals surface area (Å²) >= 11 is 0. The van der Waals surface area contributed by atoms with Crippen LogP contribution in [-0.2, 0) is 0 Å². The van der Waals surface area contributed by atoms with Crippen LogP contribution < -0.4 is 11.5 Å². The summed E-state index contributed by atoms with van der Waals surface area (Å²) in [6.07, 6.45) is 0. The molecule has 1 heterocycles. The third-order valence-electron chi connectivity index (χ3n) is 1.18. The van der Waals surface area contributed by atoms with Crippen molar-refractivity contribution in [1.29, 1.82) is 0 Å². The fraction of sp³-hybridized carbons (Fsp3) is 0.400. The minimum Gasteiger partial charge on any atom is -0.394 e. The lowest BCUT2D eigenvalue weighted by molar-refractivity contribution is 0.0987. The van der Waals surface area contributed by atoms with Crippen molar-refractivity contribution in [3.63, 3.8) is 0 Å². The normalized spacial score (nSPS) is 12.8. The van der Waals surface area contributed by atoms with Crippen LogP contribution in [0.3, 0.4) is 0 Å². The number of rotatable bonds is 3. The second-order valence-corrected chi connectivity index (χ2v) is 2.11. The number of carbonyl (C=O) groups excluding carboxylic acids is 1. The molecule has 1 amide bonds. The van der Waals surface area contributed by atoms with Crippen molar-refractivity contribution in [2.75, 3.05) is 6.61 Å². The molecule has 0 aromatic carbocycles. The summed E-state index contributed by atoms with van der Waals surface area (Å²) in [4.78, 5) is 14.0. The molecule has 0 fully saturated rings. The van der Waals surface area contributed by atoms with Gasteiger partial charge in [-0.1, -0.05) is 5.16 Å². The molecular weight excluding hydrogens is 164 g/mol. The van der Waals surface area contributed by atoms with Gasteiger partial charge in [0.1, 0.15) is 6.04 Å². The number of aromatic nitrogens is 2. The van der Waals surface area contributed by atoms with Gasteiger partial charge in [0.05, 0.1) is 6.61 Å². The average molecular weight is 172 g/mol. The van der Waals surface area contributed by atoms with Crippen LogP contribution in [0.1, 0.15) is 22.6 Å². The van der Waals surface area contributed by atoms with Crippen molar-refractivity contribution in [3.8, 4) is 0 Å². The quantitative estimate of drug-likeness (QED) is 0.491. The van der Waals surface area contributed by atoms with Crippen molar-refractivity contribution < 1.29 is 14.4 Å². The first kappa shape index (κ1) is 8.62. The molecule has 0 saturated carbocycles. The Morgan fingerprint density at radius 2 is 2.42 bits per heavy atom. The molecule has 1 aromatic heterocycles. The first-order chi connectivity index (χ1) is 5.65. The van der Waals surface area contributed by atoms with E-state index in [9.17, 15) is 4.79 Å². The zero-order chi connectivity index (χ0) is 9.14. The Kier molecular flexibility index (Phi) is 2.36. The highest BCUT2D eigenvalue weighted by Gasteiger charge is 2.15. The summed E-state index contributed by atoms with van der Waals surface area (Å²) in [6.45, 7) is -0.333. The molecule has 7 heteroatoms. The predicted molar refractivity (Wildman–Crippen MR) is 36.8 cm³/mol. The molecule has 0 spiro atoms. The topological polar surface area (TPSA) is 128 Å². The smallest absolute Gasteiger partial charge is 0.290 e. The van der Waals surface area contributed by atoms with E-state index in [-0.39, 0.29) is 18.3 Å². The van der Waals surface area contributed by atoms with E-state index < -0.39 is 11.9 Å². The van der Waals surface area contributed by atoms with Crippen LogP contribution in [0.2, 0.25) is 0 Å². The first-order valence-electron chi connectivity index (χ1n) is 3.15. The lowest BCUT2D eigenvalue weighted by Crippen LogP contribution is -2.16. The van der Waals surface area contributed by atoms with Gasteiger partial charge in [-0.3, -0.25) is 4.79 Å². The average Bonchev–Trinajstić information content (AvgIpc) is 2.51. The Labute approximate surface area is 67.3 Å². The van der Waals surface area contributed by atoms with E-state index in [1.807, 2.05) is 0 Å². The minimum atomic E-state index is -0.796. The van der Waals surface area contributed by atoms with Crippen LogP contribution in [0.15, 0.2) is 4.52 Å². The summed E-state index contributed by atoms with van der Waals surface area (Å²) in [6, 6.07) is -0.773. The molecule has 0 radical (unpaired) electrons. The highest BCUT2D eigenvalue weighted by molar-refractivity contribution is 5.88. The molecule has 0 aliphatic heterocycles. The molecule has 1 rings (SSSR count). The summed E-state index contributed by atoms with van der Waals surface area (Å²) < 4.78 is 4.53. The molecule has 5 N–H and O–H groups in total. The third-order valence-corrected chi connectivity index (χ3v) is 1.18. The van der Waals surface area contributed by atoms with Gasteiger partial charge in [-0.15, -0.1) is 0 Å². The molecule has 66 valence electrons. The maximum absolute atomic E-state index is 10.5. The second kappa shape index (κ2) is 3.28. The van der Waals surface area contributed by atoms with Gasteiger partial charge >= 0.3 is 0 Å². The third kappa shape index (κ3) is 1.57. The molecule has 12 heavy (non-hydrogen) atoms. The number of amides is 1. The van der Waals surface area contributed by atoms with Gasteiger partial charge < -0.3 is 21.1 Å². The van der Waals surface area contributed by atoms with E-state index in [1.165, 1.54) is 0 Å². The number of primary amides is 1. The lowest BCUT2D eigenvalue weighted by Gasteiger charge is -1.97. The zero-order valence-corrected chi connectivity index (χ0v) is 6.10. The van der Waals surface area contributed by atoms with Crippen molar-refractivity contribution >= 4 is 5.91 Å². The van der Waals surface area contributed by atoms with Crippen molar-refractivity contribution in [1.82, 2.24) is 10.1 Å². The van der Waals surface area contributed by atoms with Gasteiger partial charge in [-0.25, -0.2) is 0 Å². The van der Waals surface area contributed by atoms with Crippen molar-refractivity contribution in [2.24, 2.45) is 11.5 Å². The number of carbonyl (C=O) groups is 1. The molecule has 7 nitrogen and oxygen atoms in total. The van der Waals surface area contributed by atoms with Crippen molar-refractivity contribution in [2.45, 2.75) is 6.04 Å². The molecule has 1 atom stereocenters. The van der Waals surface area contributed by atoms with Crippen molar-refractivity contribution in [3.05, 3.63) is 11.7 Å². The maximum Gasteiger partial charge on any atom is 0.290 e. The van der Waals surface area contributed by atoms with Gasteiger partial charge in [-0.05, 0) is 0 Å². The maximum atomic E-state index is 10.5. The molecule has 1 aromatic rings. The van der Waals surface area contributed by atoms with Crippen LogP contribution in [0.5, 0.6) is 0 Å². The Balaban J connectivity index is 2.84. The van der Waals surface area contributed by atoms with E-state index in [2.05, 4.69) is 14.7 Å². The molecular formula is C5H8N4O3. The molecule has 0 aliphatic carbocycles. The second-order valence-electron chi connectivity index (χ2n) is 2.11. The Morgan fingerprint density at radius 1 is 1.75 bits per heavy atom. The monoisotopic (exact) mass is 172 g/mol. The van der Waals surface area contributed by atoms with Crippen LogP contribution in [0, 0.1) is 0 Å². The standard InChI is InChI=1S/C5H8N4O3/c6-2(1-10)5-8-4(3(7)11)9-12-5/h2,10H,1,6H2,(H2,7,11)/t2-/m1/s1. The van der Waals surface area contributed by atoms with Crippen LogP contribution in [-0.4, -0.2) is 27.8 Å². The Bertz CT molecular complexity index is 284. The number of aliphatic hydroxyl groups excluding tert-OH is 1. The van der Waals surface area contributed by atoms with Gasteiger partial charge in [0, 0.05) is 0 Å². The van der Waals surface area contributed by atoms with Crippen LogP contribution >= 0.6 is 0 Å². The van der Waals surface area contributed by atoms with E-state index in [1.54, 1.807) is 0 Å². The fourth-order valence-electron chi connectivity index (χ4n) is 0.564. The number of nitrogens with two attached hydrogens (primary N) is 2. The summed E-state index contributed by atoms with van der Waals surface area (Å²) in [5.41, 5.74) is 10.2. The number of aliphatic hydroxyl groups is 1. The SMILES string of the molecule is NC(=O)c1noc([C@H](N)CO)n1. The molecule has 0 saturated heterocycles. The van der Waals surface area contributed by atoms with E-state index in [4.69, 9.17) is 16.6 Å². The number of nitrogens with zero attached hydrogens (tertiary/aromatic N) is 2. The minimum absolute atomic E-state index is 0.00806. The Hall–Kier alpha value is -1.47. The summed E-state index contributed by atoms with van der Waals surface area (Å²) in [7, 11) is 0. The highest BCUT2D eigenvalue weighted by Crippen LogP contribution is 2.05. The number of hydrogen-bond donors (Lipinski definition) is 3. The Morgan fingerprint density at radius 3 is 2.83 bits per heavy atom. The van der Waals surface area contributed by atoms with Gasteiger partial charge in [0.2, 0.25) is 5.89 Å². The van der Waals surface area contributed by atoms with E-state index in [0.29, 0.717) is 0 Å². The largest absolute Gasteiger partial charge is 0.394 e. The van der Waals surface area contributed by atoms with E-state index in [0.717, 1.165) is 0 Å². The highest BCUT2D eigenvalue weighted by atomic mass is 16.5. The summed E-state index contributed by atoms with van der Waals surface area (Å²) in [5, 5.41) is 11.8. The van der Waals surface area contributed by atoms with Crippen LogP contribution in [0.25, 0.3) is 0 Å². The van der Waals surface area contributed by atoms with Gasteiger partial charge in [0.25, 0.3) is 11.7 Å². The fourth-order valence-corrected chi connectivity index (χ4v) is 0.564. The van der Waals surface area contributed by atoms with E-state index >= 15 is 0 Å².